The van der Waals surface area contributed by atoms with E-state index in [1.54, 1.807) is 36.4 Å². The lowest BCUT2D eigenvalue weighted by Crippen LogP contribution is -2.27. The van der Waals surface area contributed by atoms with Gasteiger partial charge in [-0.3, -0.25) is 9.73 Å². The van der Waals surface area contributed by atoms with E-state index in [2.05, 4.69) is 85.7 Å². The van der Waals surface area contributed by atoms with Crippen molar-refractivity contribution in [2.75, 3.05) is 18.4 Å². The largest absolute Gasteiger partial charge is 0.493 e. The van der Waals surface area contributed by atoms with Crippen LogP contribution in [0.2, 0.25) is 0 Å². The molecule has 5 rings (SSSR count). The molecule has 0 atom stereocenters. The van der Waals surface area contributed by atoms with Gasteiger partial charge in [-0.15, -0.1) is 0 Å². The van der Waals surface area contributed by atoms with Crippen LogP contribution in [0.3, 0.4) is 0 Å². The smallest absolute Gasteiger partial charge is 0.263 e. The molecule has 0 spiro atoms. The van der Waals surface area contributed by atoms with Gasteiger partial charge in [0.25, 0.3) is 10.0 Å². The van der Waals surface area contributed by atoms with E-state index in [0.29, 0.717) is 11.4 Å². The monoisotopic (exact) mass is 624 g/mol. The SMILES string of the molecule is COc1ccc(-c2ccc(CCCC3=NN(Cc4ccc(C(C)(C)C)cc4)CC3(C)C)cc2)nc1NS(=O)(=O)c1ccccc1. The summed E-state index contributed by atoms with van der Waals surface area (Å²) in [4.78, 5) is 4.76. The lowest BCUT2D eigenvalue weighted by molar-refractivity contribution is 0.258. The van der Waals surface area contributed by atoms with E-state index in [0.717, 1.165) is 37.9 Å². The average Bonchev–Trinajstić information content (AvgIpc) is 3.29. The van der Waals surface area contributed by atoms with E-state index in [1.165, 1.54) is 29.5 Å². The van der Waals surface area contributed by atoms with Crippen LogP contribution in [0, 0.1) is 5.41 Å². The fourth-order valence-electron chi connectivity index (χ4n) is 5.62. The Morgan fingerprint density at radius 1 is 0.867 bits per heavy atom. The van der Waals surface area contributed by atoms with Crippen molar-refractivity contribution in [2.24, 2.45) is 10.5 Å². The third-order valence-electron chi connectivity index (χ3n) is 8.30. The molecule has 0 aliphatic carbocycles. The van der Waals surface area contributed by atoms with Crippen LogP contribution in [-0.4, -0.2) is 37.8 Å². The zero-order chi connectivity index (χ0) is 32.2. The molecule has 236 valence electrons. The molecule has 1 aromatic heterocycles. The standard InChI is InChI=1S/C37H44N4O3S/c1-36(2,3)30-21-17-28(18-22-30)25-41-26-37(4,5)34(39-41)14-10-11-27-15-19-29(20-16-27)32-23-24-33(44-6)35(38-32)40-45(42,43)31-12-8-7-9-13-31/h7-9,12-13,15-24H,10-11,14,25-26H2,1-6H3,(H,38,40). The Morgan fingerprint density at radius 3 is 2.18 bits per heavy atom. The van der Waals surface area contributed by atoms with E-state index in [9.17, 15) is 8.42 Å². The molecule has 0 unspecified atom stereocenters. The highest BCUT2D eigenvalue weighted by Gasteiger charge is 2.33. The minimum atomic E-state index is -3.81. The van der Waals surface area contributed by atoms with Crippen LogP contribution in [0.4, 0.5) is 5.82 Å². The van der Waals surface area contributed by atoms with Crippen molar-refractivity contribution < 1.29 is 13.2 Å². The molecule has 0 radical (unpaired) electrons. The maximum absolute atomic E-state index is 12.9. The van der Waals surface area contributed by atoms with Crippen molar-refractivity contribution >= 4 is 21.6 Å². The van der Waals surface area contributed by atoms with E-state index < -0.39 is 10.0 Å². The normalized spacial score (nSPS) is 14.7. The Labute approximate surface area is 268 Å². The minimum Gasteiger partial charge on any atom is -0.493 e. The van der Waals surface area contributed by atoms with Crippen molar-refractivity contribution in [3.63, 3.8) is 0 Å². The second-order valence-corrected chi connectivity index (χ2v) is 15.1. The number of nitrogens with one attached hydrogen (secondary N) is 1. The first kappa shape index (κ1) is 32.2. The van der Waals surface area contributed by atoms with Gasteiger partial charge >= 0.3 is 0 Å². The van der Waals surface area contributed by atoms with Gasteiger partial charge in [0, 0.05) is 23.2 Å². The Balaban J connectivity index is 1.20. The van der Waals surface area contributed by atoms with Crippen molar-refractivity contribution in [2.45, 2.75) is 70.7 Å². The molecule has 0 amide bonds. The number of hydrogen-bond donors (Lipinski definition) is 1. The molecule has 45 heavy (non-hydrogen) atoms. The third-order valence-corrected chi connectivity index (χ3v) is 9.65. The van der Waals surface area contributed by atoms with E-state index in [4.69, 9.17) is 9.84 Å². The number of anilines is 1. The summed E-state index contributed by atoms with van der Waals surface area (Å²) >= 11 is 0. The molecule has 2 heterocycles. The van der Waals surface area contributed by atoms with Gasteiger partial charge in [0.2, 0.25) is 0 Å². The Bertz CT molecular complexity index is 1740. The molecule has 1 N–H and O–H groups in total. The highest BCUT2D eigenvalue weighted by Crippen LogP contribution is 2.32. The first-order valence-corrected chi connectivity index (χ1v) is 17.0. The number of benzene rings is 3. The lowest BCUT2D eigenvalue weighted by atomic mass is 9.85. The molecule has 0 saturated heterocycles. The van der Waals surface area contributed by atoms with Gasteiger partial charge in [-0.05, 0) is 65.6 Å². The fraction of sp³-hybridized carbons (Fsp3) is 0.351. The molecule has 1 aliphatic heterocycles. The number of methoxy groups -OCH3 is 1. The second-order valence-electron chi connectivity index (χ2n) is 13.4. The van der Waals surface area contributed by atoms with E-state index in [-0.39, 0.29) is 21.5 Å². The molecule has 0 saturated carbocycles. The van der Waals surface area contributed by atoms with Crippen LogP contribution in [0.15, 0.2) is 101 Å². The fourth-order valence-corrected chi connectivity index (χ4v) is 6.66. The second kappa shape index (κ2) is 13.1. The minimum absolute atomic E-state index is 0.0506. The van der Waals surface area contributed by atoms with Crippen LogP contribution in [0.1, 0.15) is 64.2 Å². The molecular formula is C37H44N4O3S. The van der Waals surface area contributed by atoms with Crippen LogP contribution in [-0.2, 0) is 28.4 Å². The van der Waals surface area contributed by atoms with Gasteiger partial charge in [0.05, 0.1) is 24.2 Å². The zero-order valence-corrected chi connectivity index (χ0v) is 28.0. The predicted molar refractivity (Wildman–Crippen MR) is 183 cm³/mol. The number of hydrazone groups is 1. The van der Waals surface area contributed by atoms with Crippen molar-refractivity contribution in [1.29, 1.82) is 0 Å². The van der Waals surface area contributed by atoms with Gasteiger partial charge in [-0.1, -0.05) is 101 Å². The van der Waals surface area contributed by atoms with Crippen LogP contribution < -0.4 is 9.46 Å². The first-order chi connectivity index (χ1) is 21.3. The van der Waals surface area contributed by atoms with Gasteiger partial charge < -0.3 is 4.74 Å². The van der Waals surface area contributed by atoms with Crippen LogP contribution >= 0.6 is 0 Å². The quantitative estimate of drug-likeness (QED) is 0.182. The Kier molecular flexibility index (Phi) is 9.35. The van der Waals surface area contributed by atoms with Gasteiger partial charge in [0.15, 0.2) is 11.6 Å². The third kappa shape index (κ3) is 7.92. The zero-order valence-electron chi connectivity index (χ0n) is 27.2. The highest BCUT2D eigenvalue weighted by molar-refractivity contribution is 7.92. The highest BCUT2D eigenvalue weighted by atomic mass is 32.2. The summed E-state index contributed by atoms with van der Waals surface area (Å²) in [6.07, 6.45) is 2.92. The molecule has 8 heteroatoms. The van der Waals surface area contributed by atoms with Crippen molar-refractivity contribution in [3.05, 3.63) is 108 Å². The Hall–Kier alpha value is -4.17. The molecule has 7 nitrogen and oxygen atoms in total. The van der Waals surface area contributed by atoms with E-state index >= 15 is 0 Å². The number of ether oxygens (including phenoxy) is 1. The molecule has 3 aromatic carbocycles. The topological polar surface area (TPSA) is 83.9 Å². The molecule has 4 aromatic rings. The summed E-state index contributed by atoms with van der Waals surface area (Å²) in [7, 11) is -2.32. The number of pyridine rings is 1. The Morgan fingerprint density at radius 2 is 1.53 bits per heavy atom. The van der Waals surface area contributed by atoms with Gasteiger partial charge in [-0.25, -0.2) is 13.4 Å². The maximum Gasteiger partial charge on any atom is 0.263 e. The van der Waals surface area contributed by atoms with Gasteiger partial charge in [-0.2, -0.15) is 5.10 Å². The van der Waals surface area contributed by atoms with E-state index in [1.807, 2.05) is 18.2 Å². The number of hydrogen-bond acceptors (Lipinski definition) is 6. The summed E-state index contributed by atoms with van der Waals surface area (Å²) in [6, 6.07) is 29.0. The summed E-state index contributed by atoms with van der Waals surface area (Å²) in [5.41, 5.74) is 6.90. The van der Waals surface area contributed by atoms with Crippen molar-refractivity contribution in [1.82, 2.24) is 9.99 Å². The molecular weight excluding hydrogens is 580 g/mol. The van der Waals surface area contributed by atoms with Crippen LogP contribution in [0.5, 0.6) is 5.75 Å². The number of nitrogens with zero attached hydrogens (tertiary/aromatic N) is 3. The predicted octanol–water partition coefficient (Wildman–Crippen LogP) is 8.08. The molecule has 1 aliphatic rings. The summed E-state index contributed by atoms with van der Waals surface area (Å²) in [5, 5.41) is 7.26. The summed E-state index contributed by atoms with van der Waals surface area (Å²) in [5.74, 6) is 0.503. The number of rotatable bonds is 11. The van der Waals surface area contributed by atoms with Gasteiger partial charge in [0.1, 0.15) is 0 Å². The maximum atomic E-state index is 12.9. The van der Waals surface area contributed by atoms with Crippen molar-refractivity contribution in [3.8, 4) is 17.0 Å². The number of sulfonamides is 1. The van der Waals surface area contributed by atoms with Crippen LogP contribution in [0.25, 0.3) is 11.3 Å². The molecule has 0 fully saturated rings. The average molecular weight is 625 g/mol. The lowest BCUT2D eigenvalue weighted by Gasteiger charge is -2.22. The number of aryl methyl sites for hydroxylation is 1. The first-order valence-electron chi connectivity index (χ1n) is 15.5. The number of aromatic nitrogens is 1. The summed E-state index contributed by atoms with van der Waals surface area (Å²) in [6.45, 7) is 13.1. The summed E-state index contributed by atoms with van der Waals surface area (Å²) < 4.78 is 33.8. The molecule has 0 bridgehead atoms.